The topological polar surface area (TPSA) is 51.6 Å². The van der Waals surface area contributed by atoms with Gasteiger partial charge in [-0.05, 0) is 50.2 Å². The molecule has 0 radical (unpaired) electrons. The fourth-order valence-electron chi connectivity index (χ4n) is 7.09. The number of hydrogen-bond donors (Lipinski definition) is 0. The maximum atomic E-state index is 5.14. The van der Waals surface area contributed by atoms with Gasteiger partial charge < -0.3 is 0 Å². The van der Waals surface area contributed by atoms with Gasteiger partial charge in [0.15, 0.2) is 17.5 Å². The van der Waals surface area contributed by atoms with Crippen molar-refractivity contribution in [1.82, 2.24) is 19.9 Å². The molecule has 3 aromatic heterocycles. The highest BCUT2D eigenvalue weighted by Crippen LogP contribution is 2.42. The number of rotatable bonds is 4. The van der Waals surface area contributed by atoms with Crippen molar-refractivity contribution in [3.05, 3.63) is 158 Å². The fourth-order valence-corrected chi connectivity index (χ4v) is 8.29. The van der Waals surface area contributed by atoms with Gasteiger partial charge in [-0.3, -0.25) is 4.98 Å². The van der Waals surface area contributed by atoms with E-state index in [-0.39, 0.29) is 0 Å². The molecule has 0 fully saturated rings. The predicted octanol–water partition coefficient (Wildman–Crippen LogP) is 11.8. The molecule has 0 N–H and O–H groups in total. The Hall–Kier alpha value is -6.30. The van der Waals surface area contributed by atoms with E-state index in [1.165, 1.54) is 47.5 Å². The van der Waals surface area contributed by atoms with Crippen molar-refractivity contribution >= 4 is 63.8 Å². The van der Waals surface area contributed by atoms with Crippen LogP contribution in [0.3, 0.4) is 0 Å². The van der Waals surface area contributed by atoms with Crippen LogP contribution in [0.1, 0.15) is 0 Å². The molecule has 10 rings (SSSR count). The molecule has 7 aromatic carbocycles. The zero-order valence-corrected chi connectivity index (χ0v) is 27.0. The summed E-state index contributed by atoms with van der Waals surface area (Å²) in [5.41, 5.74) is 5.27. The molecule has 228 valence electrons. The van der Waals surface area contributed by atoms with Crippen molar-refractivity contribution in [2.75, 3.05) is 0 Å². The highest BCUT2D eigenvalue weighted by molar-refractivity contribution is 7.26. The van der Waals surface area contributed by atoms with Gasteiger partial charge in [-0.1, -0.05) is 133 Å². The van der Waals surface area contributed by atoms with E-state index in [1.807, 2.05) is 41.9 Å². The normalized spacial score (nSPS) is 11.7. The molecule has 10 aromatic rings. The standard InChI is InChI=1S/C44H26N4S/c1-2-10-28(11-3-1)42-46-43(30-20-19-27-9-4-5-12-29(27)25-30)48-44(47-42)39-18-8-15-32-31(13-6-16-34(32)39)33-14-7-17-37-35(33)21-22-38-36-23-24-45-26-40(36)49-41(37)38/h1-26H. The van der Waals surface area contributed by atoms with E-state index >= 15 is 0 Å². The minimum absolute atomic E-state index is 0.651. The van der Waals surface area contributed by atoms with Crippen LogP contribution in [-0.2, 0) is 0 Å². The largest absolute Gasteiger partial charge is 0.263 e. The maximum absolute atomic E-state index is 5.14. The first-order valence-electron chi connectivity index (χ1n) is 16.3. The first-order chi connectivity index (χ1) is 24.3. The van der Waals surface area contributed by atoms with Crippen molar-refractivity contribution in [1.29, 1.82) is 0 Å². The lowest BCUT2D eigenvalue weighted by molar-refractivity contribution is 1.08. The summed E-state index contributed by atoms with van der Waals surface area (Å²) in [4.78, 5) is 19.6. The van der Waals surface area contributed by atoms with E-state index in [0.717, 1.165) is 32.8 Å². The summed E-state index contributed by atoms with van der Waals surface area (Å²) >= 11 is 1.81. The third-order valence-electron chi connectivity index (χ3n) is 9.43. The molecule has 0 atom stereocenters. The molecule has 0 unspecified atom stereocenters. The summed E-state index contributed by atoms with van der Waals surface area (Å²) in [7, 11) is 0. The second kappa shape index (κ2) is 11.2. The first kappa shape index (κ1) is 27.8. The van der Waals surface area contributed by atoms with Gasteiger partial charge in [0.05, 0.1) is 4.70 Å². The van der Waals surface area contributed by atoms with Crippen LogP contribution in [0, 0.1) is 0 Å². The van der Waals surface area contributed by atoms with Crippen molar-refractivity contribution in [2.24, 2.45) is 0 Å². The van der Waals surface area contributed by atoms with Gasteiger partial charge in [0.25, 0.3) is 0 Å². The molecule has 0 aliphatic rings. The third-order valence-corrected chi connectivity index (χ3v) is 10.6. The summed E-state index contributed by atoms with van der Waals surface area (Å²) in [5.74, 6) is 1.95. The highest BCUT2D eigenvalue weighted by Gasteiger charge is 2.17. The number of benzene rings is 7. The second-order valence-electron chi connectivity index (χ2n) is 12.3. The monoisotopic (exact) mass is 642 g/mol. The molecule has 3 heterocycles. The minimum Gasteiger partial charge on any atom is -0.263 e. The Morgan fingerprint density at radius 2 is 1.00 bits per heavy atom. The van der Waals surface area contributed by atoms with Gasteiger partial charge in [0.2, 0.25) is 0 Å². The van der Waals surface area contributed by atoms with Crippen LogP contribution < -0.4 is 0 Å². The first-order valence-corrected chi connectivity index (χ1v) is 17.1. The minimum atomic E-state index is 0.651. The summed E-state index contributed by atoms with van der Waals surface area (Å²) in [6.07, 6.45) is 3.85. The van der Waals surface area contributed by atoms with Crippen LogP contribution in [0.25, 0.3) is 97.8 Å². The summed E-state index contributed by atoms with van der Waals surface area (Å²) in [5, 5.41) is 9.61. The molecule has 0 aliphatic heterocycles. The number of aromatic nitrogens is 4. The predicted molar refractivity (Wildman–Crippen MR) is 205 cm³/mol. The molecule has 0 amide bonds. The van der Waals surface area contributed by atoms with Crippen molar-refractivity contribution in [3.8, 4) is 45.3 Å². The van der Waals surface area contributed by atoms with E-state index in [2.05, 4.69) is 132 Å². The average molecular weight is 643 g/mol. The number of fused-ring (bicyclic) bond motifs is 7. The van der Waals surface area contributed by atoms with Gasteiger partial charge in [-0.15, -0.1) is 11.3 Å². The van der Waals surface area contributed by atoms with Gasteiger partial charge >= 0.3 is 0 Å². The van der Waals surface area contributed by atoms with Crippen LogP contribution in [-0.4, -0.2) is 19.9 Å². The second-order valence-corrected chi connectivity index (χ2v) is 13.3. The van der Waals surface area contributed by atoms with Gasteiger partial charge in [-0.2, -0.15) is 0 Å². The zero-order chi connectivity index (χ0) is 32.3. The van der Waals surface area contributed by atoms with Crippen LogP contribution in [0.5, 0.6) is 0 Å². The third kappa shape index (κ3) is 4.59. The number of nitrogens with zero attached hydrogens (tertiary/aromatic N) is 4. The van der Waals surface area contributed by atoms with E-state index in [4.69, 9.17) is 15.0 Å². The molecule has 0 aliphatic carbocycles. The zero-order valence-electron chi connectivity index (χ0n) is 26.2. The summed E-state index contributed by atoms with van der Waals surface area (Å²) in [6, 6.07) is 51.2. The Morgan fingerprint density at radius 1 is 0.388 bits per heavy atom. The number of pyridine rings is 1. The van der Waals surface area contributed by atoms with Crippen LogP contribution in [0.4, 0.5) is 0 Å². The van der Waals surface area contributed by atoms with E-state index in [9.17, 15) is 0 Å². The van der Waals surface area contributed by atoms with E-state index < -0.39 is 0 Å². The fraction of sp³-hybridized carbons (Fsp3) is 0. The number of thiophene rings is 1. The Kier molecular flexibility index (Phi) is 6.32. The molecule has 0 bridgehead atoms. The molecule has 0 saturated carbocycles. The van der Waals surface area contributed by atoms with E-state index in [0.29, 0.717) is 17.5 Å². The summed E-state index contributed by atoms with van der Waals surface area (Å²) in [6.45, 7) is 0. The smallest absolute Gasteiger partial charge is 0.164 e. The van der Waals surface area contributed by atoms with Gasteiger partial charge in [-0.25, -0.2) is 15.0 Å². The Bertz CT molecular complexity index is 2890. The molecule has 4 nitrogen and oxygen atoms in total. The van der Waals surface area contributed by atoms with E-state index in [1.54, 1.807) is 0 Å². The SMILES string of the molecule is c1ccc(-c2nc(-c3ccc4ccccc4c3)nc(-c3cccc4c(-c5cccc6c5ccc5c7ccncc7sc65)cccc34)n2)cc1. The average Bonchev–Trinajstić information content (AvgIpc) is 3.56. The molecular weight excluding hydrogens is 617 g/mol. The molecule has 49 heavy (non-hydrogen) atoms. The lowest BCUT2D eigenvalue weighted by Crippen LogP contribution is -2.00. The Labute approximate surface area is 286 Å². The molecule has 0 spiro atoms. The van der Waals surface area contributed by atoms with Crippen LogP contribution >= 0.6 is 11.3 Å². The maximum Gasteiger partial charge on any atom is 0.164 e. The molecule has 0 saturated heterocycles. The lowest BCUT2D eigenvalue weighted by atomic mass is 9.92. The number of hydrogen-bond acceptors (Lipinski definition) is 5. The van der Waals surface area contributed by atoms with Crippen LogP contribution in [0.15, 0.2) is 158 Å². The lowest BCUT2D eigenvalue weighted by Gasteiger charge is -2.14. The molecular formula is C44H26N4S. The van der Waals surface area contributed by atoms with Gasteiger partial charge in [0.1, 0.15) is 0 Å². The molecule has 5 heteroatoms. The summed E-state index contributed by atoms with van der Waals surface area (Å²) < 4.78 is 2.50. The quantitative estimate of drug-likeness (QED) is 0.192. The van der Waals surface area contributed by atoms with Crippen molar-refractivity contribution in [3.63, 3.8) is 0 Å². The van der Waals surface area contributed by atoms with Gasteiger partial charge in [0, 0.05) is 49.9 Å². The Balaban J connectivity index is 1.18. The van der Waals surface area contributed by atoms with Crippen molar-refractivity contribution < 1.29 is 0 Å². The Morgan fingerprint density at radius 3 is 1.82 bits per heavy atom. The highest BCUT2D eigenvalue weighted by atomic mass is 32.1. The van der Waals surface area contributed by atoms with Crippen LogP contribution in [0.2, 0.25) is 0 Å². The van der Waals surface area contributed by atoms with Crippen molar-refractivity contribution in [2.45, 2.75) is 0 Å².